The first kappa shape index (κ1) is 28.1. The van der Waals surface area contributed by atoms with Crippen molar-refractivity contribution in [3.63, 3.8) is 0 Å². The number of rotatable bonds is 8. The minimum absolute atomic E-state index is 0.0243. The molecular formula is C27H29ClN8O5S. The van der Waals surface area contributed by atoms with Crippen LogP contribution in [0.4, 0.5) is 0 Å². The first-order valence-corrected chi connectivity index (χ1v) is 15.2. The molecule has 2 aliphatic rings. The Morgan fingerprint density at radius 2 is 2.05 bits per heavy atom. The highest BCUT2D eigenvalue weighted by atomic mass is 35.5. The minimum atomic E-state index is -4.35. The normalized spacial score (nSPS) is 18.9. The molecule has 0 saturated carbocycles. The number of benzene rings is 2. The molecule has 0 bridgehead atoms. The Bertz CT molecular complexity index is 1790. The monoisotopic (exact) mass is 612 g/mol. The first-order chi connectivity index (χ1) is 20.1. The average Bonchev–Trinajstić information content (AvgIpc) is 3.63. The van der Waals surface area contributed by atoms with Crippen LogP contribution in [0.25, 0.3) is 11.0 Å². The highest BCUT2D eigenvalue weighted by molar-refractivity contribution is 7.89. The van der Waals surface area contributed by atoms with E-state index in [0.717, 1.165) is 27.7 Å². The number of sulfonamides is 1. The smallest absolute Gasteiger partial charge is 0.268 e. The number of hydrogen-bond acceptors (Lipinski definition) is 10. The van der Waals surface area contributed by atoms with Crippen molar-refractivity contribution < 1.29 is 22.6 Å². The molecule has 0 radical (unpaired) electrons. The summed E-state index contributed by atoms with van der Waals surface area (Å²) in [6, 6.07) is 8.25. The molecule has 0 fully saturated rings. The Labute approximate surface area is 247 Å². The largest absolute Gasteiger partial charge is 0.493 e. The maximum absolute atomic E-state index is 13.8. The van der Waals surface area contributed by atoms with E-state index in [9.17, 15) is 13.2 Å². The third-order valence-electron chi connectivity index (χ3n) is 7.60. The molecule has 0 spiro atoms. The van der Waals surface area contributed by atoms with E-state index in [-0.39, 0.29) is 33.4 Å². The van der Waals surface area contributed by atoms with Crippen LogP contribution in [0.15, 0.2) is 58.5 Å². The molecule has 42 heavy (non-hydrogen) atoms. The van der Waals surface area contributed by atoms with Gasteiger partial charge in [0.1, 0.15) is 22.2 Å². The summed E-state index contributed by atoms with van der Waals surface area (Å²) in [5, 5.41) is 18.6. The summed E-state index contributed by atoms with van der Waals surface area (Å²) in [4.78, 5) is 14.9. The zero-order valence-electron chi connectivity index (χ0n) is 23.1. The van der Waals surface area contributed by atoms with Gasteiger partial charge in [-0.05, 0) is 55.0 Å². The number of fused-ring (bicyclic) bond motifs is 2. The van der Waals surface area contributed by atoms with E-state index in [1.807, 2.05) is 0 Å². The molecule has 4 aromatic rings. The average molecular weight is 613 g/mol. The van der Waals surface area contributed by atoms with Crippen molar-refractivity contribution in [2.75, 3.05) is 13.7 Å². The molecule has 6 rings (SSSR count). The summed E-state index contributed by atoms with van der Waals surface area (Å²) >= 11 is 6.31. The van der Waals surface area contributed by atoms with E-state index < -0.39 is 22.0 Å². The third kappa shape index (κ3) is 5.10. The molecule has 0 aliphatic carbocycles. The fourth-order valence-electron chi connectivity index (χ4n) is 5.11. The van der Waals surface area contributed by atoms with Crippen LogP contribution in [-0.2, 0) is 27.8 Å². The molecule has 2 aliphatic heterocycles. The molecule has 2 aromatic heterocycles. The molecule has 1 amide bonds. The van der Waals surface area contributed by atoms with Crippen LogP contribution >= 0.6 is 11.6 Å². The zero-order valence-corrected chi connectivity index (χ0v) is 24.7. The predicted molar refractivity (Wildman–Crippen MR) is 152 cm³/mol. The lowest BCUT2D eigenvalue weighted by molar-refractivity contribution is -0.124. The number of amides is 1. The van der Waals surface area contributed by atoms with Gasteiger partial charge in [0, 0.05) is 49.6 Å². The van der Waals surface area contributed by atoms with Gasteiger partial charge in [-0.25, -0.2) is 17.7 Å². The van der Waals surface area contributed by atoms with Gasteiger partial charge in [0.2, 0.25) is 5.91 Å². The molecular weight excluding hydrogens is 584 g/mol. The zero-order chi connectivity index (χ0) is 29.6. The maximum atomic E-state index is 13.8. The molecule has 1 N–H and O–H groups in total. The van der Waals surface area contributed by atoms with E-state index in [1.165, 1.54) is 24.5 Å². The quantitative estimate of drug-likeness (QED) is 0.315. The van der Waals surface area contributed by atoms with Gasteiger partial charge in [0.15, 0.2) is 5.52 Å². The molecule has 2 aromatic carbocycles. The number of carbonyl (C=O) groups excluding carboxylic acids is 1. The molecule has 15 heteroatoms. The summed E-state index contributed by atoms with van der Waals surface area (Å²) < 4.78 is 41.1. The van der Waals surface area contributed by atoms with Gasteiger partial charge in [-0.3, -0.25) is 14.0 Å². The first-order valence-electron chi connectivity index (χ1n) is 13.4. The van der Waals surface area contributed by atoms with Crippen molar-refractivity contribution in [3.8, 4) is 5.75 Å². The Hall–Kier alpha value is -4.01. The van der Waals surface area contributed by atoms with Crippen molar-refractivity contribution in [3.05, 3.63) is 70.8 Å². The van der Waals surface area contributed by atoms with Crippen LogP contribution < -0.4 is 10.1 Å². The topological polar surface area (TPSA) is 149 Å². The van der Waals surface area contributed by atoms with Gasteiger partial charge >= 0.3 is 0 Å². The number of halogens is 1. The number of carbonyl (C=O) groups is 1. The van der Waals surface area contributed by atoms with Crippen LogP contribution in [0, 0.1) is 0 Å². The summed E-state index contributed by atoms with van der Waals surface area (Å²) in [6.07, 6.45) is 4.93. The van der Waals surface area contributed by atoms with Crippen molar-refractivity contribution in [1.29, 1.82) is 0 Å². The highest BCUT2D eigenvalue weighted by Gasteiger charge is 2.39. The Kier molecular flexibility index (Phi) is 7.37. The van der Waals surface area contributed by atoms with Crippen LogP contribution in [0.1, 0.15) is 43.1 Å². The molecule has 2 unspecified atom stereocenters. The van der Waals surface area contributed by atoms with Gasteiger partial charge in [-0.1, -0.05) is 28.9 Å². The van der Waals surface area contributed by atoms with Crippen LogP contribution in [-0.4, -0.2) is 74.6 Å². The Morgan fingerprint density at radius 1 is 1.21 bits per heavy atom. The van der Waals surface area contributed by atoms with Gasteiger partial charge in [-0.2, -0.15) is 0 Å². The maximum Gasteiger partial charge on any atom is 0.268 e. The molecule has 220 valence electrons. The van der Waals surface area contributed by atoms with Crippen molar-refractivity contribution >= 4 is 38.6 Å². The fourth-order valence-corrected chi connectivity index (χ4v) is 7.19. The van der Waals surface area contributed by atoms with E-state index in [4.69, 9.17) is 21.0 Å². The lowest BCUT2D eigenvalue weighted by Crippen LogP contribution is -2.50. The van der Waals surface area contributed by atoms with Gasteiger partial charge in [0.05, 0.1) is 23.4 Å². The number of nitrogens with one attached hydrogen (secondary N) is 1. The van der Waals surface area contributed by atoms with Crippen LogP contribution in [0.3, 0.4) is 0 Å². The van der Waals surface area contributed by atoms with Crippen molar-refractivity contribution in [1.82, 2.24) is 39.8 Å². The van der Waals surface area contributed by atoms with E-state index >= 15 is 0 Å². The number of ether oxygens (including phenoxy) is 1. The third-order valence-corrected chi connectivity index (χ3v) is 9.89. The van der Waals surface area contributed by atoms with Gasteiger partial charge < -0.3 is 10.1 Å². The highest BCUT2D eigenvalue weighted by Crippen LogP contribution is 2.36. The summed E-state index contributed by atoms with van der Waals surface area (Å²) in [5.41, 5.74) is 2.78. The fraction of sp³-hybridized carbons (Fsp3) is 0.370. The van der Waals surface area contributed by atoms with E-state index in [0.29, 0.717) is 24.8 Å². The SMILES string of the molecule is CC(C)N(C)Cc1ccc2c(c1)OCCC2n1cc(CC2C(=O)NC=CN2S(=O)(=O)c2c(Cl)ccc3nonc23)nn1. The predicted octanol–water partition coefficient (Wildman–Crippen LogP) is 2.88. The minimum Gasteiger partial charge on any atom is -0.493 e. The van der Waals surface area contributed by atoms with E-state index in [1.54, 1.807) is 10.9 Å². The van der Waals surface area contributed by atoms with Crippen molar-refractivity contribution in [2.24, 2.45) is 0 Å². The molecule has 13 nitrogen and oxygen atoms in total. The second-order valence-electron chi connectivity index (χ2n) is 10.6. The number of aromatic nitrogens is 5. The summed E-state index contributed by atoms with van der Waals surface area (Å²) in [6.45, 7) is 5.62. The standard InChI is InChI=1S/C27H29ClN8O5S/c1-16(2)34(3)14-17-4-5-19-22(8-11-40-24(19)12-17)35-15-18(30-33-35)13-23-27(37)29-9-10-36(23)42(38,39)26-20(28)6-7-21-25(26)32-41-31-21/h4-7,9-10,12,15-16,22-23H,8,11,13-14H2,1-3H3,(H,29,37). The second-order valence-corrected chi connectivity index (χ2v) is 12.8. The van der Waals surface area contributed by atoms with Crippen LogP contribution in [0.2, 0.25) is 5.02 Å². The molecule has 4 heterocycles. The number of nitrogens with zero attached hydrogens (tertiary/aromatic N) is 7. The Balaban J connectivity index is 1.26. The number of hydrogen-bond donors (Lipinski definition) is 1. The van der Waals surface area contributed by atoms with Crippen LogP contribution in [0.5, 0.6) is 5.75 Å². The molecule has 0 saturated heterocycles. The van der Waals surface area contributed by atoms with Crippen molar-refractivity contribution in [2.45, 2.75) is 56.3 Å². The summed E-state index contributed by atoms with van der Waals surface area (Å²) in [5.74, 6) is 0.285. The lowest BCUT2D eigenvalue weighted by Gasteiger charge is -2.31. The Morgan fingerprint density at radius 3 is 2.86 bits per heavy atom. The second kappa shape index (κ2) is 11.0. The molecule has 2 atom stereocenters. The lowest BCUT2D eigenvalue weighted by atomic mass is 9.98. The van der Waals surface area contributed by atoms with Gasteiger partial charge in [0.25, 0.3) is 10.0 Å². The van der Waals surface area contributed by atoms with Gasteiger partial charge in [-0.15, -0.1) is 5.10 Å². The van der Waals surface area contributed by atoms with E-state index in [2.05, 4.69) is 69.9 Å². The summed E-state index contributed by atoms with van der Waals surface area (Å²) in [7, 11) is -2.26.